The Labute approximate surface area is 179 Å². The molecule has 0 aliphatic carbocycles. The number of halogens is 3. The van der Waals surface area contributed by atoms with E-state index in [9.17, 15) is 13.2 Å². The average molecular weight is 432 g/mol. The molecule has 1 saturated heterocycles. The summed E-state index contributed by atoms with van der Waals surface area (Å²) in [7, 11) is 0. The molecule has 4 rings (SSSR count). The van der Waals surface area contributed by atoms with Crippen LogP contribution in [0.3, 0.4) is 0 Å². The first-order valence-corrected chi connectivity index (χ1v) is 11.5. The number of hydrogen-bond acceptors (Lipinski definition) is 3. The fraction of sp³-hybridized carbons (Fsp3) is 0.458. The van der Waals surface area contributed by atoms with E-state index in [2.05, 4.69) is 27.5 Å². The first-order valence-electron chi connectivity index (χ1n) is 10.7. The molecule has 159 valence electrons. The standard InChI is InChI=1S/C24H26F3N2S/c25-24(26,27)20-11-9-18(10-12-20)5-2-1-3-6-19-13-15-29(16-14-19)22-8-4-7-21-23(22)30-17-28-21/h4,7-12,19H,1-3,5-6,13-16H2. The van der Waals surface area contributed by atoms with E-state index in [1.54, 1.807) is 23.5 Å². The zero-order chi connectivity index (χ0) is 21.0. The number of unbranched alkanes of at least 4 members (excludes halogenated alkanes) is 2. The molecule has 2 heterocycles. The highest BCUT2D eigenvalue weighted by Crippen LogP contribution is 2.33. The van der Waals surface area contributed by atoms with Gasteiger partial charge in [0.1, 0.15) is 0 Å². The summed E-state index contributed by atoms with van der Waals surface area (Å²) in [5.41, 5.74) is 5.75. The van der Waals surface area contributed by atoms with Gasteiger partial charge in [-0.25, -0.2) is 4.98 Å². The molecule has 6 heteroatoms. The van der Waals surface area contributed by atoms with Gasteiger partial charge in [0.15, 0.2) is 5.51 Å². The van der Waals surface area contributed by atoms with Gasteiger partial charge in [0, 0.05) is 13.1 Å². The van der Waals surface area contributed by atoms with Crippen molar-refractivity contribution >= 4 is 27.2 Å². The van der Waals surface area contributed by atoms with Crippen molar-refractivity contribution < 1.29 is 13.2 Å². The van der Waals surface area contributed by atoms with Crippen molar-refractivity contribution in [2.24, 2.45) is 5.92 Å². The van der Waals surface area contributed by atoms with Crippen molar-refractivity contribution in [3.05, 3.63) is 59.1 Å². The summed E-state index contributed by atoms with van der Waals surface area (Å²) in [6.45, 7) is 2.18. The van der Waals surface area contributed by atoms with Gasteiger partial charge in [-0.05, 0) is 61.4 Å². The Morgan fingerprint density at radius 2 is 1.77 bits per heavy atom. The molecule has 1 aliphatic rings. The second kappa shape index (κ2) is 9.38. The summed E-state index contributed by atoms with van der Waals surface area (Å²) in [6.07, 6.45) is 3.66. The van der Waals surface area contributed by atoms with Crippen LogP contribution >= 0.6 is 11.3 Å². The highest BCUT2D eigenvalue weighted by atomic mass is 32.1. The second-order valence-electron chi connectivity index (χ2n) is 8.15. The van der Waals surface area contributed by atoms with Crippen molar-refractivity contribution in [3.8, 4) is 0 Å². The van der Waals surface area contributed by atoms with Gasteiger partial charge < -0.3 is 4.90 Å². The molecule has 0 bridgehead atoms. The Morgan fingerprint density at radius 3 is 2.50 bits per heavy atom. The molecule has 2 aromatic carbocycles. The first-order chi connectivity index (χ1) is 14.5. The normalized spacial score (nSPS) is 15.8. The minimum Gasteiger partial charge on any atom is -0.370 e. The Bertz CT molecular complexity index is 941. The van der Waals surface area contributed by atoms with E-state index in [1.807, 2.05) is 6.07 Å². The maximum absolute atomic E-state index is 12.6. The van der Waals surface area contributed by atoms with Crippen molar-refractivity contribution in [1.29, 1.82) is 0 Å². The highest BCUT2D eigenvalue weighted by Gasteiger charge is 2.29. The Hall–Kier alpha value is -2.08. The molecule has 0 spiro atoms. The molecule has 0 N–H and O–H groups in total. The van der Waals surface area contributed by atoms with Gasteiger partial charge in [-0.2, -0.15) is 13.2 Å². The van der Waals surface area contributed by atoms with Gasteiger partial charge in [-0.3, -0.25) is 0 Å². The summed E-state index contributed by atoms with van der Waals surface area (Å²) >= 11 is 1.59. The topological polar surface area (TPSA) is 16.1 Å². The van der Waals surface area contributed by atoms with Gasteiger partial charge in [-0.15, -0.1) is 11.3 Å². The monoisotopic (exact) mass is 431 g/mol. The zero-order valence-corrected chi connectivity index (χ0v) is 17.7. The summed E-state index contributed by atoms with van der Waals surface area (Å²) in [6, 6.07) is 11.9. The minimum absolute atomic E-state index is 0.567. The van der Waals surface area contributed by atoms with Crippen LogP contribution in [0.4, 0.5) is 18.9 Å². The van der Waals surface area contributed by atoms with Crippen LogP contribution in [-0.4, -0.2) is 18.1 Å². The van der Waals surface area contributed by atoms with Crippen molar-refractivity contribution in [2.45, 2.75) is 51.1 Å². The third-order valence-electron chi connectivity index (χ3n) is 6.10. The van der Waals surface area contributed by atoms with E-state index in [0.717, 1.165) is 49.4 Å². The molecule has 1 aliphatic heterocycles. The molecule has 1 radical (unpaired) electrons. The SMILES string of the molecule is FC(F)(F)c1ccc(CCCCCC2CCN(c3cccc4n[c]sc34)CC2)cc1. The Balaban J connectivity index is 1.16. The summed E-state index contributed by atoms with van der Waals surface area (Å²) < 4.78 is 39.1. The maximum Gasteiger partial charge on any atom is 0.416 e. The molecular weight excluding hydrogens is 405 g/mol. The second-order valence-corrected chi connectivity index (χ2v) is 8.95. The number of nitrogens with zero attached hydrogens (tertiary/aromatic N) is 2. The number of hydrogen-bond donors (Lipinski definition) is 0. The van der Waals surface area contributed by atoms with Crippen LogP contribution in [0.1, 0.15) is 49.7 Å². The van der Waals surface area contributed by atoms with Crippen LogP contribution in [0.5, 0.6) is 0 Å². The van der Waals surface area contributed by atoms with E-state index < -0.39 is 11.7 Å². The third kappa shape index (κ3) is 5.15. The van der Waals surface area contributed by atoms with Gasteiger partial charge in [0.25, 0.3) is 0 Å². The fourth-order valence-electron chi connectivity index (χ4n) is 4.33. The zero-order valence-electron chi connectivity index (χ0n) is 16.9. The lowest BCUT2D eigenvalue weighted by Gasteiger charge is -2.34. The van der Waals surface area contributed by atoms with Crippen LogP contribution in [0, 0.1) is 11.4 Å². The molecule has 0 unspecified atom stereocenters. The number of aryl methyl sites for hydroxylation is 1. The van der Waals surface area contributed by atoms with Crippen LogP contribution in [0.2, 0.25) is 0 Å². The number of anilines is 1. The van der Waals surface area contributed by atoms with Crippen LogP contribution in [0.15, 0.2) is 42.5 Å². The Morgan fingerprint density at radius 1 is 1.00 bits per heavy atom. The van der Waals surface area contributed by atoms with E-state index in [0.29, 0.717) is 0 Å². The molecule has 0 saturated carbocycles. The molecule has 2 nitrogen and oxygen atoms in total. The molecule has 3 aromatic rings. The summed E-state index contributed by atoms with van der Waals surface area (Å²) in [4.78, 5) is 6.78. The van der Waals surface area contributed by atoms with Crippen molar-refractivity contribution in [1.82, 2.24) is 4.98 Å². The largest absolute Gasteiger partial charge is 0.416 e. The molecule has 1 aromatic heterocycles. The lowest BCUT2D eigenvalue weighted by atomic mass is 9.90. The van der Waals surface area contributed by atoms with E-state index in [-0.39, 0.29) is 0 Å². The highest BCUT2D eigenvalue weighted by molar-refractivity contribution is 7.17. The third-order valence-corrected chi connectivity index (χ3v) is 6.91. The fourth-order valence-corrected chi connectivity index (χ4v) is 5.09. The summed E-state index contributed by atoms with van der Waals surface area (Å²) in [5.74, 6) is 0.777. The molecule has 1 fully saturated rings. The smallest absolute Gasteiger partial charge is 0.370 e. The van der Waals surface area contributed by atoms with Gasteiger partial charge in [-0.1, -0.05) is 37.5 Å². The quantitative estimate of drug-likeness (QED) is 0.370. The predicted molar refractivity (Wildman–Crippen MR) is 117 cm³/mol. The maximum atomic E-state index is 12.6. The number of alkyl halides is 3. The molecule has 0 atom stereocenters. The lowest BCUT2D eigenvalue weighted by molar-refractivity contribution is -0.137. The van der Waals surface area contributed by atoms with Gasteiger partial charge in [0.05, 0.1) is 21.5 Å². The van der Waals surface area contributed by atoms with E-state index in [1.165, 1.54) is 48.2 Å². The van der Waals surface area contributed by atoms with E-state index >= 15 is 0 Å². The van der Waals surface area contributed by atoms with Crippen LogP contribution in [-0.2, 0) is 12.6 Å². The van der Waals surface area contributed by atoms with Gasteiger partial charge >= 0.3 is 6.18 Å². The van der Waals surface area contributed by atoms with E-state index in [4.69, 9.17) is 0 Å². The number of fused-ring (bicyclic) bond motifs is 1. The Kier molecular flexibility index (Phi) is 6.61. The molecule has 30 heavy (non-hydrogen) atoms. The summed E-state index contributed by atoms with van der Waals surface area (Å²) in [5, 5.41) is 0. The number of benzene rings is 2. The lowest BCUT2D eigenvalue weighted by Crippen LogP contribution is -2.33. The molecular formula is C24H26F3N2S. The average Bonchev–Trinajstić information content (AvgIpc) is 3.23. The number of thiazole rings is 1. The van der Waals surface area contributed by atoms with Gasteiger partial charge in [0.2, 0.25) is 0 Å². The molecule has 0 amide bonds. The van der Waals surface area contributed by atoms with Crippen molar-refractivity contribution in [3.63, 3.8) is 0 Å². The predicted octanol–water partition coefficient (Wildman–Crippen LogP) is 7.13. The first kappa shape index (κ1) is 21.2. The van der Waals surface area contributed by atoms with Crippen LogP contribution < -0.4 is 4.90 Å². The number of aromatic nitrogens is 1. The number of piperidine rings is 1. The van der Waals surface area contributed by atoms with Crippen LogP contribution in [0.25, 0.3) is 10.2 Å². The number of rotatable bonds is 7. The van der Waals surface area contributed by atoms with Crippen molar-refractivity contribution in [2.75, 3.05) is 18.0 Å². The minimum atomic E-state index is -4.25.